The predicted octanol–water partition coefficient (Wildman–Crippen LogP) is 4.67. The van der Waals surface area contributed by atoms with Gasteiger partial charge < -0.3 is 15.0 Å². The fraction of sp³-hybridized carbons (Fsp3) is 0.417. The molecule has 0 radical (unpaired) electrons. The Morgan fingerprint density at radius 3 is 2.50 bits per heavy atom. The van der Waals surface area contributed by atoms with Gasteiger partial charge in [0, 0.05) is 18.1 Å². The van der Waals surface area contributed by atoms with Crippen LogP contribution in [0.1, 0.15) is 43.4 Å². The zero-order valence-electron chi connectivity index (χ0n) is 18.2. The Morgan fingerprint density at radius 2 is 1.83 bits per heavy atom. The monoisotopic (exact) mass is 430 g/mol. The lowest BCUT2D eigenvalue weighted by Crippen LogP contribution is -2.50. The van der Waals surface area contributed by atoms with Gasteiger partial charge in [0.2, 0.25) is 5.91 Å². The largest absolute Gasteiger partial charge is 0.483 e. The van der Waals surface area contributed by atoms with Crippen LogP contribution in [0.5, 0.6) is 5.75 Å². The maximum Gasteiger partial charge on any atom is 0.261 e. The van der Waals surface area contributed by atoms with Crippen LogP contribution in [0, 0.1) is 13.8 Å². The molecular formula is C24H31ClN2O3. The van der Waals surface area contributed by atoms with E-state index in [1.807, 2.05) is 64.1 Å². The van der Waals surface area contributed by atoms with Crippen LogP contribution in [0.2, 0.25) is 5.02 Å². The molecule has 0 bridgehead atoms. The molecule has 2 rings (SSSR count). The summed E-state index contributed by atoms with van der Waals surface area (Å²) in [5.74, 6) is 0.255. The molecule has 0 aliphatic carbocycles. The first kappa shape index (κ1) is 23.7. The molecule has 2 aromatic carbocycles. The quantitative estimate of drug-likeness (QED) is 0.595. The number of ether oxygens (including phenoxy) is 1. The first-order chi connectivity index (χ1) is 14.4. The van der Waals surface area contributed by atoms with Crippen LogP contribution in [0.3, 0.4) is 0 Å². The molecule has 0 unspecified atom stereocenters. The Bertz CT molecular complexity index is 869. The van der Waals surface area contributed by atoms with Crippen LogP contribution in [0.25, 0.3) is 0 Å². The zero-order valence-corrected chi connectivity index (χ0v) is 19.0. The summed E-state index contributed by atoms with van der Waals surface area (Å²) in [4.78, 5) is 27.5. The SMILES string of the molecule is CCCNC(=O)[C@H](CC)N(Cc1ccccc1Cl)C(=O)COc1cccc(C)c1C. The van der Waals surface area contributed by atoms with Gasteiger partial charge in [-0.1, -0.05) is 55.8 Å². The number of halogens is 1. The summed E-state index contributed by atoms with van der Waals surface area (Å²) >= 11 is 6.33. The van der Waals surface area contributed by atoms with E-state index >= 15 is 0 Å². The average molecular weight is 431 g/mol. The molecule has 1 atom stereocenters. The van der Waals surface area contributed by atoms with Crippen molar-refractivity contribution in [3.8, 4) is 5.75 Å². The third-order valence-corrected chi connectivity index (χ3v) is 5.51. The lowest BCUT2D eigenvalue weighted by Gasteiger charge is -2.31. The van der Waals surface area contributed by atoms with Crippen LogP contribution in [-0.2, 0) is 16.1 Å². The number of amides is 2. The number of benzene rings is 2. The van der Waals surface area contributed by atoms with Crippen molar-refractivity contribution in [1.82, 2.24) is 10.2 Å². The minimum absolute atomic E-state index is 0.147. The first-order valence-corrected chi connectivity index (χ1v) is 10.8. The smallest absolute Gasteiger partial charge is 0.261 e. The molecule has 30 heavy (non-hydrogen) atoms. The average Bonchev–Trinajstić information content (AvgIpc) is 2.74. The van der Waals surface area contributed by atoms with Crippen LogP contribution in [-0.4, -0.2) is 35.9 Å². The number of hydrogen-bond acceptors (Lipinski definition) is 3. The van der Waals surface area contributed by atoms with E-state index < -0.39 is 6.04 Å². The third kappa shape index (κ3) is 6.23. The molecule has 2 amide bonds. The standard InChI is InChI=1S/C24H31ClN2O3/c1-5-14-26-24(29)21(6-2)27(15-19-11-7-8-12-20(19)25)23(28)16-30-22-13-9-10-17(3)18(22)4/h7-13,21H,5-6,14-16H2,1-4H3,(H,26,29)/t21-/m0/s1. The second-order valence-corrected chi connectivity index (χ2v) is 7.72. The zero-order chi connectivity index (χ0) is 22.1. The van der Waals surface area contributed by atoms with Gasteiger partial charge in [0.15, 0.2) is 6.61 Å². The normalized spacial score (nSPS) is 11.6. The predicted molar refractivity (Wildman–Crippen MR) is 121 cm³/mol. The van der Waals surface area contributed by atoms with Gasteiger partial charge in [-0.15, -0.1) is 0 Å². The molecule has 2 aromatic rings. The van der Waals surface area contributed by atoms with Crippen molar-refractivity contribution in [2.75, 3.05) is 13.2 Å². The van der Waals surface area contributed by atoms with E-state index in [1.165, 1.54) is 0 Å². The Balaban J connectivity index is 2.24. The van der Waals surface area contributed by atoms with E-state index in [-0.39, 0.29) is 25.0 Å². The first-order valence-electron chi connectivity index (χ1n) is 10.4. The van der Waals surface area contributed by atoms with Gasteiger partial charge in [-0.2, -0.15) is 0 Å². The van der Waals surface area contributed by atoms with Gasteiger partial charge in [0.05, 0.1) is 0 Å². The highest BCUT2D eigenvalue weighted by Gasteiger charge is 2.29. The second-order valence-electron chi connectivity index (χ2n) is 7.31. The van der Waals surface area contributed by atoms with E-state index in [0.717, 1.165) is 23.1 Å². The molecular weight excluding hydrogens is 400 g/mol. The lowest BCUT2D eigenvalue weighted by molar-refractivity contribution is -0.143. The minimum atomic E-state index is -0.595. The number of carbonyl (C=O) groups is 2. The van der Waals surface area contributed by atoms with Crippen molar-refractivity contribution in [2.45, 2.75) is 53.1 Å². The van der Waals surface area contributed by atoms with Crippen molar-refractivity contribution in [3.63, 3.8) is 0 Å². The van der Waals surface area contributed by atoms with Gasteiger partial charge in [-0.05, 0) is 55.5 Å². The number of hydrogen-bond donors (Lipinski definition) is 1. The number of carbonyl (C=O) groups excluding carboxylic acids is 2. The highest BCUT2D eigenvalue weighted by atomic mass is 35.5. The van der Waals surface area contributed by atoms with Gasteiger partial charge >= 0.3 is 0 Å². The molecule has 1 N–H and O–H groups in total. The number of rotatable bonds is 10. The van der Waals surface area contributed by atoms with Gasteiger partial charge in [0.25, 0.3) is 5.91 Å². The van der Waals surface area contributed by atoms with Crippen LogP contribution < -0.4 is 10.1 Å². The summed E-state index contributed by atoms with van der Waals surface area (Å²) in [6, 6.07) is 12.5. The highest BCUT2D eigenvalue weighted by Crippen LogP contribution is 2.22. The number of aryl methyl sites for hydroxylation is 1. The summed E-state index contributed by atoms with van der Waals surface area (Å²) in [5.41, 5.74) is 2.88. The van der Waals surface area contributed by atoms with Crippen molar-refractivity contribution in [1.29, 1.82) is 0 Å². The Kier molecular flexibility index (Phi) is 9.18. The fourth-order valence-electron chi connectivity index (χ4n) is 3.20. The minimum Gasteiger partial charge on any atom is -0.483 e. The van der Waals surface area contributed by atoms with Gasteiger partial charge in [-0.3, -0.25) is 9.59 Å². The summed E-state index contributed by atoms with van der Waals surface area (Å²) in [6.07, 6.45) is 1.32. The van der Waals surface area contributed by atoms with E-state index in [1.54, 1.807) is 11.0 Å². The van der Waals surface area contributed by atoms with Crippen molar-refractivity contribution in [3.05, 3.63) is 64.2 Å². The molecule has 0 aliphatic rings. The lowest BCUT2D eigenvalue weighted by atomic mass is 10.1. The summed E-state index contributed by atoms with van der Waals surface area (Å²) in [5, 5.41) is 3.47. The molecule has 162 valence electrons. The topological polar surface area (TPSA) is 58.6 Å². The Hall–Kier alpha value is -2.53. The van der Waals surface area contributed by atoms with Crippen molar-refractivity contribution >= 4 is 23.4 Å². The van der Waals surface area contributed by atoms with Gasteiger partial charge in [-0.25, -0.2) is 0 Å². The molecule has 0 aliphatic heterocycles. The van der Waals surface area contributed by atoms with E-state index in [2.05, 4.69) is 5.32 Å². The number of nitrogens with zero attached hydrogens (tertiary/aromatic N) is 1. The molecule has 0 aromatic heterocycles. The molecule has 0 saturated carbocycles. The molecule has 6 heteroatoms. The third-order valence-electron chi connectivity index (χ3n) is 5.14. The summed E-state index contributed by atoms with van der Waals surface area (Å²) in [7, 11) is 0. The Morgan fingerprint density at radius 1 is 1.10 bits per heavy atom. The van der Waals surface area contributed by atoms with E-state index in [4.69, 9.17) is 16.3 Å². The van der Waals surface area contributed by atoms with Crippen molar-refractivity contribution < 1.29 is 14.3 Å². The maximum atomic E-state index is 13.2. The van der Waals surface area contributed by atoms with E-state index in [9.17, 15) is 9.59 Å². The fourth-order valence-corrected chi connectivity index (χ4v) is 3.39. The molecule has 0 spiro atoms. The summed E-state index contributed by atoms with van der Waals surface area (Å²) < 4.78 is 5.83. The summed E-state index contributed by atoms with van der Waals surface area (Å²) in [6.45, 7) is 8.52. The van der Waals surface area contributed by atoms with Crippen molar-refractivity contribution in [2.24, 2.45) is 0 Å². The molecule has 0 heterocycles. The Labute approximate surface area is 184 Å². The highest BCUT2D eigenvalue weighted by molar-refractivity contribution is 6.31. The van der Waals surface area contributed by atoms with Crippen LogP contribution in [0.15, 0.2) is 42.5 Å². The molecule has 0 saturated heterocycles. The van der Waals surface area contributed by atoms with E-state index in [0.29, 0.717) is 23.7 Å². The molecule has 0 fully saturated rings. The van der Waals surface area contributed by atoms with Crippen LogP contribution >= 0.6 is 11.6 Å². The maximum absolute atomic E-state index is 13.2. The second kappa shape index (κ2) is 11.6. The van der Waals surface area contributed by atoms with Crippen LogP contribution in [0.4, 0.5) is 0 Å². The molecule has 5 nitrogen and oxygen atoms in total. The number of nitrogens with one attached hydrogen (secondary N) is 1. The van der Waals surface area contributed by atoms with Gasteiger partial charge in [0.1, 0.15) is 11.8 Å².